The highest BCUT2D eigenvalue weighted by atomic mass is 35.5. The SMILES string of the molecule is CSC(C)=C1c2ccccc2N(Cc2ccc(Cl)cc2)c2ccccc21. The third-order valence-electron chi connectivity index (χ3n) is 4.84. The molecule has 4 rings (SSSR count). The maximum Gasteiger partial charge on any atom is 0.0494 e. The summed E-state index contributed by atoms with van der Waals surface area (Å²) in [5.41, 5.74) is 7.69. The van der Waals surface area contributed by atoms with Gasteiger partial charge in [0.2, 0.25) is 0 Å². The van der Waals surface area contributed by atoms with Crippen molar-refractivity contribution in [1.82, 2.24) is 0 Å². The van der Waals surface area contributed by atoms with Crippen LogP contribution >= 0.6 is 23.4 Å². The van der Waals surface area contributed by atoms with E-state index in [4.69, 9.17) is 11.6 Å². The monoisotopic (exact) mass is 377 g/mol. The normalized spacial score (nSPS) is 12.6. The topological polar surface area (TPSA) is 3.24 Å². The number of fused-ring (bicyclic) bond motifs is 2. The fourth-order valence-corrected chi connectivity index (χ4v) is 4.09. The Kier molecular flexibility index (Phi) is 4.80. The van der Waals surface area contributed by atoms with Gasteiger partial charge in [-0.25, -0.2) is 0 Å². The average molecular weight is 378 g/mol. The maximum absolute atomic E-state index is 6.06. The van der Waals surface area contributed by atoms with Crippen LogP contribution in [0.25, 0.3) is 5.57 Å². The van der Waals surface area contributed by atoms with Crippen LogP contribution in [0, 0.1) is 0 Å². The van der Waals surface area contributed by atoms with Gasteiger partial charge in [-0.1, -0.05) is 60.1 Å². The van der Waals surface area contributed by atoms with E-state index < -0.39 is 0 Å². The number of halogens is 1. The number of benzene rings is 3. The number of anilines is 2. The molecule has 0 spiro atoms. The lowest BCUT2D eigenvalue weighted by Crippen LogP contribution is -2.22. The zero-order chi connectivity index (χ0) is 18.1. The first-order chi connectivity index (χ1) is 12.7. The van der Waals surface area contributed by atoms with Crippen molar-refractivity contribution in [3.8, 4) is 0 Å². The fraction of sp³-hybridized carbons (Fsp3) is 0.130. The van der Waals surface area contributed by atoms with E-state index in [9.17, 15) is 0 Å². The Balaban J connectivity index is 1.90. The highest BCUT2D eigenvalue weighted by Crippen LogP contribution is 2.47. The van der Waals surface area contributed by atoms with E-state index in [1.807, 2.05) is 23.9 Å². The predicted octanol–water partition coefficient (Wildman–Crippen LogP) is 7.13. The Morgan fingerprint density at radius 1 is 0.846 bits per heavy atom. The van der Waals surface area contributed by atoms with Crippen LogP contribution in [0.3, 0.4) is 0 Å². The second-order valence-corrected chi connectivity index (χ2v) is 7.84. The van der Waals surface area contributed by atoms with Gasteiger partial charge in [0.05, 0.1) is 0 Å². The van der Waals surface area contributed by atoms with Crippen LogP contribution in [-0.4, -0.2) is 6.26 Å². The summed E-state index contributed by atoms with van der Waals surface area (Å²) in [4.78, 5) is 3.75. The van der Waals surface area contributed by atoms with Crippen LogP contribution in [0.1, 0.15) is 23.6 Å². The molecule has 0 N–H and O–H groups in total. The number of para-hydroxylation sites is 2. The smallest absolute Gasteiger partial charge is 0.0494 e. The van der Waals surface area contributed by atoms with Crippen LogP contribution in [0.15, 0.2) is 77.7 Å². The Labute approximate surface area is 164 Å². The van der Waals surface area contributed by atoms with E-state index in [2.05, 4.69) is 78.7 Å². The van der Waals surface area contributed by atoms with Gasteiger partial charge in [0.25, 0.3) is 0 Å². The van der Waals surface area contributed by atoms with Crippen molar-refractivity contribution >= 4 is 40.3 Å². The summed E-state index contributed by atoms with van der Waals surface area (Å²) in [5.74, 6) is 0. The van der Waals surface area contributed by atoms with E-state index in [0.717, 1.165) is 11.6 Å². The molecule has 0 unspecified atom stereocenters. The average Bonchev–Trinajstić information content (AvgIpc) is 2.69. The largest absolute Gasteiger partial charge is 0.336 e. The van der Waals surface area contributed by atoms with Crippen LogP contribution in [0.5, 0.6) is 0 Å². The molecule has 1 aliphatic heterocycles. The molecule has 0 aliphatic carbocycles. The molecule has 0 atom stereocenters. The van der Waals surface area contributed by atoms with Crippen LogP contribution in [-0.2, 0) is 6.54 Å². The summed E-state index contributed by atoms with van der Waals surface area (Å²) in [7, 11) is 0. The number of hydrogen-bond acceptors (Lipinski definition) is 2. The molecule has 0 saturated heterocycles. The fourth-order valence-electron chi connectivity index (χ4n) is 3.54. The second-order valence-electron chi connectivity index (χ2n) is 6.38. The highest BCUT2D eigenvalue weighted by Gasteiger charge is 2.27. The highest BCUT2D eigenvalue weighted by molar-refractivity contribution is 8.02. The van der Waals surface area contributed by atoms with E-state index in [0.29, 0.717) is 0 Å². The molecule has 0 amide bonds. The number of rotatable bonds is 3. The van der Waals surface area contributed by atoms with Crippen LogP contribution in [0.2, 0.25) is 5.02 Å². The molecule has 3 heteroatoms. The van der Waals surface area contributed by atoms with E-state index >= 15 is 0 Å². The van der Waals surface area contributed by atoms with Crippen molar-refractivity contribution in [2.75, 3.05) is 11.2 Å². The molecule has 0 aromatic heterocycles. The van der Waals surface area contributed by atoms with Crippen molar-refractivity contribution in [2.45, 2.75) is 13.5 Å². The third kappa shape index (κ3) is 3.04. The standard InChI is InChI=1S/C23H20ClNS/c1-16(26-2)23-19-7-3-5-9-21(19)25(22-10-6-4-8-20(22)23)15-17-11-13-18(24)14-12-17/h3-14H,15H2,1-2H3. The first kappa shape index (κ1) is 17.3. The van der Waals surface area contributed by atoms with Gasteiger partial charge < -0.3 is 4.90 Å². The number of thioether (sulfide) groups is 1. The Hall–Kier alpha value is -2.16. The lowest BCUT2D eigenvalue weighted by atomic mass is 9.89. The van der Waals surface area contributed by atoms with Gasteiger partial charge >= 0.3 is 0 Å². The molecule has 3 aromatic carbocycles. The zero-order valence-corrected chi connectivity index (χ0v) is 16.4. The predicted molar refractivity (Wildman–Crippen MR) is 115 cm³/mol. The Morgan fingerprint density at radius 2 is 1.38 bits per heavy atom. The number of allylic oxidation sites excluding steroid dienone is 1. The minimum absolute atomic E-state index is 0.772. The van der Waals surface area contributed by atoms with Gasteiger partial charge in [-0.3, -0.25) is 0 Å². The van der Waals surface area contributed by atoms with E-state index in [1.165, 1.54) is 38.5 Å². The molecular weight excluding hydrogens is 358 g/mol. The van der Waals surface area contributed by atoms with Crippen molar-refractivity contribution < 1.29 is 0 Å². The molecule has 26 heavy (non-hydrogen) atoms. The van der Waals surface area contributed by atoms with Gasteiger partial charge in [0.15, 0.2) is 0 Å². The molecule has 0 fully saturated rings. The lowest BCUT2D eigenvalue weighted by Gasteiger charge is -2.35. The molecule has 0 bridgehead atoms. The lowest BCUT2D eigenvalue weighted by molar-refractivity contribution is 0.963. The van der Waals surface area contributed by atoms with Gasteiger partial charge in [-0.15, -0.1) is 11.8 Å². The molecule has 1 nitrogen and oxygen atoms in total. The summed E-state index contributed by atoms with van der Waals surface area (Å²) in [6.45, 7) is 3.03. The molecular formula is C23H20ClNS. The number of hydrogen-bond donors (Lipinski definition) is 0. The molecule has 130 valence electrons. The molecule has 1 heterocycles. The molecule has 1 aliphatic rings. The summed E-state index contributed by atoms with van der Waals surface area (Å²) in [6, 6.07) is 25.5. The third-order valence-corrected chi connectivity index (χ3v) is 5.91. The minimum atomic E-state index is 0.772. The molecule has 0 saturated carbocycles. The molecule has 3 aromatic rings. The van der Waals surface area contributed by atoms with Crippen LogP contribution < -0.4 is 4.90 Å². The molecule has 0 radical (unpaired) electrons. The summed E-state index contributed by atoms with van der Waals surface area (Å²) in [5, 5.41) is 0.772. The van der Waals surface area contributed by atoms with Gasteiger partial charge in [-0.2, -0.15) is 0 Å². The van der Waals surface area contributed by atoms with Gasteiger partial charge in [0.1, 0.15) is 0 Å². The zero-order valence-electron chi connectivity index (χ0n) is 14.9. The first-order valence-corrected chi connectivity index (χ1v) is 10.2. The van der Waals surface area contributed by atoms with Crippen molar-refractivity contribution in [3.63, 3.8) is 0 Å². The van der Waals surface area contributed by atoms with Gasteiger partial charge in [-0.05, 0) is 47.9 Å². The van der Waals surface area contributed by atoms with Crippen molar-refractivity contribution in [3.05, 3.63) is 99.4 Å². The second kappa shape index (κ2) is 7.22. The van der Waals surface area contributed by atoms with Gasteiger partial charge in [0, 0.05) is 39.6 Å². The summed E-state index contributed by atoms with van der Waals surface area (Å²) >= 11 is 7.88. The minimum Gasteiger partial charge on any atom is -0.336 e. The maximum atomic E-state index is 6.06. The summed E-state index contributed by atoms with van der Waals surface area (Å²) in [6.07, 6.45) is 2.15. The quantitative estimate of drug-likeness (QED) is 0.477. The van der Waals surface area contributed by atoms with Crippen molar-refractivity contribution in [1.29, 1.82) is 0 Å². The summed E-state index contributed by atoms with van der Waals surface area (Å²) < 4.78 is 0. The first-order valence-electron chi connectivity index (χ1n) is 8.64. The number of nitrogens with zero attached hydrogens (tertiary/aromatic N) is 1. The van der Waals surface area contributed by atoms with E-state index in [1.54, 1.807) is 0 Å². The van der Waals surface area contributed by atoms with Crippen LogP contribution in [0.4, 0.5) is 11.4 Å². The van der Waals surface area contributed by atoms with Crippen molar-refractivity contribution in [2.24, 2.45) is 0 Å². The Morgan fingerprint density at radius 3 is 1.92 bits per heavy atom. The van der Waals surface area contributed by atoms with E-state index in [-0.39, 0.29) is 0 Å². The Bertz CT molecular complexity index is 926.